The first-order valence-electron chi connectivity index (χ1n) is 17.4. The molecule has 3 N–H and O–H groups in total. The van der Waals surface area contributed by atoms with E-state index in [9.17, 15) is 32.7 Å². The van der Waals surface area contributed by atoms with Gasteiger partial charge in [-0.3, -0.25) is 14.4 Å². The van der Waals surface area contributed by atoms with Gasteiger partial charge in [-0.25, -0.2) is 0 Å². The van der Waals surface area contributed by atoms with Crippen molar-refractivity contribution in [1.82, 2.24) is 19.6 Å². The molecule has 0 aromatic heterocycles. The fraction of sp³-hybridized carbons (Fsp3) is 0.583. The molecule has 9 nitrogen and oxygen atoms in total. The summed E-state index contributed by atoms with van der Waals surface area (Å²) in [5.41, 5.74) is 6.56. The van der Waals surface area contributed by atoms with E-state index in [0.717, 1.165) is 44.0 Å². The van der Waals surface area contributed by atoms with E-state index >= 15 is 0 Å². The highest BCUT2D eigenvalue weighted by Crippen LogP contribution is 2.41. The standard InChI is InChI=1S/C36H47ClF3N5O4/c37-31-22-25(21-30(34(31)48)36(38,39)40)20-27(35(49)44-18-11-28(12-19-44)42-13-4-1-5-14-42)23-33(47)43-16-9-29(10-17-43)45(24-46)15-8-26-6-2-3-7-32(26)41/h2-3,6-7,21-22,24,27-29,48H,1,4-5,8-20,23,41H2/t27-/m0/s1. The fourth-order valence-corrected chi connectivity index (χ4v) is 7.88. The molecule has 3 amide bonds. The average molecular weight is 706 g/mol. The molecule has 3 saturated heterocycles. The summed E-state index contributed by atoms with van der Waals surface area (Å²) in [5.74, 6) is -2.47. The largest absolute Gasteiger partial charge is 0.506 e. The number of aromatic hydroxyl groups is 1. The van der Waals surface area contributed by atoms with Gasteiger partial charge in [-0.1, -0.05) is 36.2 Å². The van der Waals surface area contributed by atoms with Crippen molar-refractivity contribution in [3.63, 3.8) is 0 Å². The quantitative estimate of drug-likeness (QED) is 0.241. The molecule has 2 aromatic carbocycles. The second-order valence-electron chi connectivity index (χ2n) is 13.6. The molecule has 5 rings (SSSR count). The maximum atomic E-state index is 14.0. The highest BCUT2D eigenvalue weighted by Gasteiger charge is 2.37. The topological polar surface area (TPSA) is 110 Å². The Morgan fingerprint density at radius 2 is 1.63 bits per heavy atom. The summed E-state index contributed by atoms with van der Waals surface area (Å²) >= 11 is 6.01. The van der Waals surface area contributed by atoms with Crippen LogP contribution >= 0.6 is 11.6 Å². The van der Waals surface area contributed by atoms with E-state index in [4.69, 9.17) is 17.3 Å². The molecule has 3 aliphatic heterocycles. The van der Waals surface area contributed by atoms with Crippen LogP contribution in [-0.2, 0) is 33.4 Å². The van der Waals surface area contributed by atoms with Crippen molar-refractivity contribution in [2.45, 2.75) is 82.5 Å². The molecule has 13 heteroatoms. The Balaban J connectivity index is 1.24. The number of hydrogen-bond acceptors (Lipinski definition) is 6. The number of alkyl halides is 3. The maximum absolute atomic E-state index is 14.0. The predicted molar refractivity (Wildman–Crippen MR) is 182 cm³/mol. The van der Waals surface area contributed by atoms with E-state index in [1.807, 2.05) is 24.3 Å². The minimum Gasteiger partial charge on any atom is -0.506 e. The summed E-state index contributed by atoms with van der Waals surface area (Å²) in [6, 6.07) is 9.92. The number of carbonyl (C=O) groups excluding carboxylic acids is 3. The summed E-state index contributed by atoms with van der Waals surface area (Å²) in [4.78, 5) is 47.4. The Bertz CT molecular complexity index is 1450. The molecule has 0 saturated carbocycles. The molecule has 3 heterocycles. The Morgan fingerprint density at radius 3 is 2.27 bits per heavy atom. The van der Waals surface area contributed by atoms with Gasteiger partial charge in [-0.05, 0) is 93.8 Å². The Morgan fingerprint density at radius 1 is 0.980 bits per heavy atom. The van der Waals surface area contributed by atoms with E-state index in [1.165, 1.54) is 25.3 Å². The summed E-state index contributed by atoms with van der Waals surface area (Å²) in [6.45, 7) is 4.45. The van der Waals surface area contributed by atoms with Crippen LogP contribution in [0.2, 0.25) is 5.02 Å². The number of hydrogen-bond donors (Lipinski definition) is 2. The van der Waals surface area contributed by atoms with Gasteiger partial charge in [-0.2, -0.15) is 13.2 Å². The van der Waals surface area contributed by atoms with Crippen LogP contribution in [0.15, 0.2) is 36.4 Å². The van der Waals surface area contributed by atoms with Gasteiger partial charge in [0.1, 0.15) is 5.75 Å². The number of piperidine rings is 3. The van der Waals surface area contributed by atoms with E-state index in [-0.39, 0.29) is 36.3 Å². The minimum absolute atomic E-state index is 0.0509. The number of rotatable bonds is 11. The van der Waals surface area contributed by atoms with Crippen LogP contribution in [0.1, 0.15) is 68.1 Å². The molecular weight excluding hydrogens is 659 g/mol. The number of nitrogen functional groups attached to an aromatic ring is 1. The third kappa shape index (κ3) is 9.39. The van der Waals surface area contributed by atoms with Crippen LogP contribution in [-0.4, -0.2) is 101 Å². The van der Waals surface area contributed by atoms with E-state index in [1.54, 1.807) is 14.7 Å². The normalized spacial score (nSPS) is 19.1. The minimum atomic E-state index is -4.84. The first-order valence-corrected chi connectivity index (χ1v) is 17.8. The smallest absolute Gasteiger partial charge is 0.420 e. The average Bonchev–Trinajstić information content (AvgIpc) is 3.10. The Hall–Kier alpha value is -3.51. The number of benzene rings is 2. The van der Waals surface area contributed by atoms with Crippen molar-refractivity contribution < 1.29 is 32.7 Å². The first-order chi connectivity index (χ1) is 23.4. The van der Waals surface area contributed by atoms with Gasteiger partial charge in [0, 0.05) is 56.9 Å². The molecule has 0 radical (unpaired) electrons. The molecule has 3 aliphatic rings. The molecular formula is C36H47ClF3N5O4. The van der Waals surface area contributed by atoms with Crippen molar-refractivity contribution in [1.29, 1.82) is 0 Å². The number of para-hydroxylation sites is 1. The zero-order valence-corrected chi connectivity index (χ0v) is 28.6. The summed E-state index contributed by atoms with van der Waals surface area (Å²) in [7, 11) is 0. The van der Waals surface area contributed by atoms with Crippen molar-refractivity contribution in [2.24, 2.45) is 5.92 Å². The Labute approximate surface area is 291 Å². The van der Waals surface area contributed by atoms with Crippen LogP contribution in [0.5, 0.6) is 5.75 Å². The van der Waals surface area contributed by atoms with Crippen molar-refractivity contribution in [2.75, 3.05) is 51.5 Å². The highest BCUT2D eigenvalue weighted by molar-refractivity contribution is 6.32. The highest BCUT2D eigenvalue weighted by atomic mass is 35.5. The number of likely N-dealkylation sites (tertiary alicyclic amines) is 3. The van der Waals surface area contributed by atoms with Crippen LogP contribution in [0, 0.1) is 5.92 Å². The van der Waals surface area contributed by atoms with Gasteiger partial charge in [0.05, 0.1) is 16.5 Å². The number of halogens is 4. The maximum Gasteiger partial charge on any atom is 0.420 e. The number of nitrogens with two attached hydrogens (primary N) is 1. The lowest BCUT2D eigenvalue weighted by atomic mass is 9.91. The van der Waals surface area contributed by atoms with Crippen LogP contribution in [0.25, 0.3) is 0 Å². The van der Waals surface area contributed by atoms with Gasteiger partial charge in [0.15, 0.2) is 0 Å². The predicted octanol–water partition coefficient (Wildman–Crippen LogP) is 5.36. The molecule has 0 bridgehead atoms. The van der Waals surface area contributed by atoms with E-state index in [0.29, 0.717) is 63.7 Å². The monoisotopic (exact) mass is 705 g/mol. The molecule has 0 spiro atoms. The molecule has 3 fully saturated rings. The lowest BCUT2D eigenvalue weighted by Crippen LogP contribution is -2.50. The third-order valence-electron chi connectivity index (χ3n) is 10.5. The molecule has 49 heavy (non-hydrogen) atoms. The molecule has 0 aliphatic carbocycles. The van der Waals surface area contributed by atoms with Crippen LogP contribution in [0.4, 0.5) is 18.9 Å². The molecule has 1 atom stereocenters. The third-order valence-corrected chi connectivity index (χ3v) is 10.8. The SMILES string of the molecule is Nc1ccccc1CCN(C=O)C1CCN(C(=O)C[C@H](Cc2cc(Cl)c(O)c(C(F)(F)F)c2)C(=O)N2CCC(N3CCCCC3)CC2)CC1. The zero-order valence-electron chi connectivity index (χ0n) is 27.8. The van der Waals surface area contributed by atoms with E-state index in [2.05, 4.69) is 4.90 Å². The lowest BCUT2D eigenvalue weighted by Gasteiger charge is -2.41. The van der Waals surface area contributed by atoms with Gasteiger partial charge < -0.3 is 30.4 Å². The van der Waals surface area contributed by atoms with Crippen LogP contribution in [0.3, 0.4) is 0 Å². The number of carbonyl (C=O) groups is 3. The van der Waals surface area contributed by atoms with E-state index < -0.39 is 28.4 Å². The number of amides is 3. The Kier molecular flexibility index (Phi) is 12.4. The second-order valence-corrected chi connectivity index (χ2v) is 14.0. The van der Waals surface area contributed by atoms with Crippen molar-refractivity contribution in [3.05, 3.63) is 58.1 Å². The van der Waals surface area contributed by atoms with Gasteiger partial charge in [0.25, 0.3) is 0 Å². The number of anilines is 1. The van der Waals surface area contributed by atoms with Crippen molar-refractivity contribution >= 4 is 35.5 Å². The number of phenolic OH excluding ortho intramolecular Hbond substituents is 1. The van der Waals surface area contributed by atoms with Gasteiger partial charge in [0.2, 0.25) is 18.2 Å². The summed E-state index contributed by atoms with van der Waals surface area (Å²) < 4.78 is 41.1. The first kappa shape index (κ1) is 36.8. The number of phenols is 1. The van der Waals surface area contributed by atoms with Gasteiger partial charge >= 0.3 is 6.18 Å². The molecule has 268 valence electrons. The molecule has 2 aromatic rings. The summed E-state index contributed by atoms with van der Waals surface area (Å²) in [5, 5.41) is 9.56. The second kappa shape index (κ2) is 16.5. The fourth-order valence-electron chi connectivity index (χ4n) is 7.63. The molecule has 0 unspecified atom stereocenters. The van der Waals surface area contributed by atoms with Gasteiger partial charge in [-0.15, -0.1) is 0 Å². The summed E-state index contributed by atoms with van der Waals surface area (Å²) in [6.07, 6.45) is 2.65. The lowest BCUT2D eigenvalue weighted by molar-refractivity contribution is -0.143. The van der Waals surface area contributed by atoms with Crippen molar-refractivity contribution in [3.8, 4) is 5.75 Å². The number of nitrogens with zero attached hydrogens (tertiary/aromatic N) is 4. The van der Waals surface area contributed by atoms with Crippen LogP contribution < -0.4 is 5.73 Å². The zero-order chi connectivity index (χ0) is 35.1.